The molecule has 1 heterocycles. The molecule has 2 aromatic rings. The number of benzene rings is 2. The lowest BCUT2D eigenvalue weighted by Gasteiger charge is -2.13. The Morgan fingerprint density at radius 1 is 1.13 bits per heavy atom. The Morgan fingerprint density at radius 3 is 2.73 bits per heavy atom. The fourth-order valence-electron chi connectivity index (χ4n) is 3.27. The molecular weight excluding hydrogens is 383 g/mol. The van der Waals surface area contributed by atoms with E-state index >= 15 is 0 Å². The Hall–Kier alpha value is -2.93. The van der Waals surface area contributed by atoms with Gasteiger partial charge in [-0.3, -0.25) is 4.79 Å². The van der Waals surface area contributed by atoms with Gasteiger partial charge in [0, 0.05) is 31.8 Å². The topological polar surface area (TPSA) is 74.8 Å². The zero-order valence-corrected chi connectivity index (χ0v) is 17.3. The standard InChI is InChI=1S/C23H29FN4O2/c1-2-25-23(28-15-18-7-4-9-20(24)13-18)27-14-17-6-3-8-19(12-17)22(29)26-16-21-10-5-11-30-21/h3-4,6-9,12-13,21H,2,5,10-11,14-16H2,1H3,(H,26,29)(H2,25,27,28). The van der Waals surface area contributed by atoms with Crippen molar-refractivity contribution < 1.29 is 13.9 Å². The summed E-state index contributed by atoms with van der Waals surface area (Å²) >= 11 is 0. The number of carbonyl (C=O) groups is 1. The van der Waals surface area contributed by atoms with Crippen LogP contribution in [0.15, 0.2) is 53.5 Å². The summed E-state index contributed by atoms with van der Waals surface area (Å²) in [4.78, 5) is 16.9. The number of carbonyl (C=O) groups excluding carboxylic acids is 1. The number of nitrogens with one attached hydrogen (secondary N) is 3. The first-order valence-electron chi connectivity index (χ1n) is 10.4. The molecular formula is C23H29FN4O2. The predicted octanol–water partition coefficient (Wildman–Crippen LogP) is 2.99. The van der Waals surface area contributed by atoms with E-state index in [0.717, 1.165) is 30.6 Å². The SMILES string of the molecule is CCNC(=NCc1cccc(F)c1)NCc1cccc(C(=O)NCC2CCCO2)c1. The molecule has 7 heteroatoms. The molecule has 3 N–H and O–H groups in total. The van der Waals surface area contributed by atoms with Crippen LogP contribution >= 0.6 is 0 Å². The molecule has 160 valence electrons. The summed E-state index contributed by atoms with van der Waals surface area (Å²) in [6.07, 6.45) is 2.17. The molecule has 1 fully saturated rings. The molecule has 0 bridgehead atoms. The normalized spacial score (nSPS) is 16.3. The number of rotatable bonds is 8. The van der Waals surface area contributed by atoms with Gasteiger partial charge in [0.1, 0.15) is 5.82 Å². The van der Waals surface area contributed by atoms with Crippen molar-refractivity contribution in [2.24, 2.45) is 4.99 Å². The second-order valence-electron chi connectivity index (χ2n) is 7.22. The van der Waals surface area contributed by atoms with Gasteiger partial charge in [0.15, 0.2) is 5.96 Å². The molecule has 0 radical (unpaired) electrons. The van der Waals surface area contributed by atoms with E-state index in [2.05, 4.69) is 20.9 Å². The molecule has 1 aliphatic heterocycles. The Bertz CT molecular complexity index is 866. The van der Waals surface area contributed by atoms with Gasteiger partial charge in [-0.25, -0.2) is 9.38 Å². The highest BCUT2D eigenvalue weighted by atomic mass is 19.1. The number of aliphatic imine (C=N–C) groups is 1. The van der Waals surface area contributed by atoms with Crippen molar-refractivity contribution in [1.29, 1.82) is 0 Å². The number of nitrogens with zero attached hydrogens (tertiary/aromatic N) is 1. The van der Waals surface area contributed by atoms with E-state index in [1.165, 1.54) is 12.1 Å². The lowest BCUT2D eigenvalue weighted by molar-refractivity contribution is 0.0857. The van der Waals surface area contributed by atoms with Crippen molar-refractivity contribution in [2.45, 2.75) is 39.0 Å². The number of hydrogen-bond acceptors (Lipinski definition) is 3. The lowest BCUT2D eigenvalue weighted by atomic mass is 10.1. The zero-order chi connectivity index (χ0) is 21.2. The summed E-state index contributed by atoms with van der Waals surface area (Å²) in [6.45, 7) is 4.90. The minimum Gasteiger partial charge on any atom is -0.376 e. The van der Waals surface area contributed by atoms with Crippen LogP contribution in [0.5, 0.6) is 0 Å². The van der Waals surface area contributed by atoms with Gasteiger partial charge in [-0.1, -0.05) is 24.3 Å². The summed E-state index contributed by atoms with van der Waals surface area (Å²) in [7, 11) is 0. The summed E-state index contributed by atoms with van der Waals surface area (Å²) in [5, 5.41) is 9.38. The summed E-state index contributed by atoms with van der Waals surface area (Å²) < 4.78 is 18.9. The van der Waals surface area contributed by atoms with E-state index in [1.807, 2.05) is 31.2 Å². The number of halogens is 1. The minimum absolute atomic E-state index is 0.0981. The molecule has 0 aliphatic carbocycles. The highest BCUT2D eigenvalue weighted by Gasteiger charge is 2.16. The van der Waals surface area contributed by atoms with Crippen molar-refractivity contribution in [1.82, 2.24) is 16.0 Å². The summed E-state index contributed by atoms with van der Waals surface area (Å²) in [5.74, 6) is 0.268. The maximum Gasteiger partial charge on any atom is 0.251 e. The molecule has 0 aromatic heterocycles. The quantitative estimate of drug-likeness (QED) is 0.460. The van der Waals surface area contributed by atoms with Crippen LogP contribution in [0.1, 0.15) is 41.3 Å². The molecule has 30 heavy (non-hydrogen) atoms. The van der Waals surface area contributed by atoms with Crippen LogP contribution in [0.4, 0.5) is 4.39 Å². The minimum atomic E-state index is -0.268. The average molecular weight is 413 g/mol. The number of hydrogen-bond donors (Lipinski definition) is 3. The molecule has 1 saturated heterocycles. The van der Waals surface area contributed by atoms with E-state index in [1.54, 1.807) is 12.1 Å². The van der Waals surface area contributed by atoms with Gasteiger partial charge in [0.05, 0.1) is 12.6 Å². The zero-order valence-electron chi connectivity index (χ0n) is 17.3. The van der Waals surface area contributed by atoms with Gasteiger partial charge >= 0.3 is 0 Å². The van der Waals surface area contributed by atoms with E-state index in [4.69, 9.17) is 4.74 Å². The first kappa shape index (κ1) is 21.8. The van der Waals surface area contributed by atoms with Gasteiger partial charge in [-0.15, -0.1) is 0 Å². The second kappa shape index (κ2) is 11.3. The third-order valence-corrected chi connectivity index (χ3v) is 4.82. The Balaban J connectivity index is 1.55. The third kappa shape index (κ3) is 6.84. The molecule has 0 spiro atoms. The van der Waals surface area contributed by atoms with Crippen LogP contribution in [-0.4, -0.2) is 37.7 Å². The van der Waals surface area contributed by atoms with Gasteiger partial charge in [-0.2, -0.15) is 0 Å². The molecule has 1 amide bonds. The highest BCUT2D eigenvalue weighted by Crippen LogP contribution is 2.11. The molecule has 1 unspecified atom stereocenters. The Kier molecular flexibility index (Phi) is 8.20. The number of ether oxygens (including phenoxy) is 1. The van der Waals surface area contributed by atoms with E-state index in [9.17, 15) is 9.18 Å². The third-order valence-electron chi connectivity index (χ3n) is 4.82. The molecule has 0 saturated carbocycles. The van der Waals surface area contributed by atoms with Crippen molar-refractivity contribution in [3.8, 4) is 0 Å². The predicted molar refractivity (Wildman–Crippen MR) is 116 cm³/mol. The van der Waals surface area contributed by atoms with Crippen LogP contribution in [0, 0.1) is 5.82 Å². The Labute approximate surface area is 176 Å². The van der Waals surface area contributed by atoms with Crippen molar-refractivity contribution in [3.63, 3.8) is 0 Å². The van der Waals surface area contributed by atoms with Gasteiger partial charge < -0.3 is 20.7 Å². The van der Waals surface area contributed by atoms with Crippen molar-refractivity contribution >= 4 is 11.9 Å². The highest BCUT2D eigenvalue weighted by molar-refractivity contribution is 5.94. The fraction of sp³-hybridized carbons (Fsp3) is 0.391. The largest absolute Gasteiger partial charge is 0.376 e. The second-order valence-corrected chi connectivity index (χ2v) is 7.22. The van der Waals surface area contributed by atoms with Crippen LogP contribution in [0.2, 0.25) is 0 Å². The van der Waals surface area contributed by atoms with Crippen LogP contribution < -0.4 is 16.0 Å². The lowest BCUT2D eigenvalue weighted by Crippen LogP contribution is -2.37. The van der Waals surface area contributed by atoms with Crippen LogP contribution in [0.3, 0.4) is 0 Å². The monoisotopic (exact) mass is 412 g/mol. The van der Waals surface area contributed by atoms with Crippen LogP contribution in [0.25, 0.3) is 0 Å². The molecule has 1 atom stereocenters. The Morgan fingerprint density at radius 2 is 1.97 bits per heavy atom. The van der Waals surface area contributed by atoms with Gasteiger partial charge in [-0.05, 0) is 55.2 Å². The van der Waals surface area contributed by atoms with E-state index in [-0.39, 0.29) is 17.8 Å². The van der Waals surface area contributed by atoms with E-state index in [0.29, 0.717) is 37.7 Å². The van der Waals surface area contributed by atoms with Crippen molar-refractivity contribution in [2.75, 3.05) is 19.7 Å². The first-order valence-corrected chi connectivity index (χ1v) is 10.4. The van der Waals surface area contributed by atoms with Gasteiger partial charge in [0.2, 0.25) is 0 Å². The maximum absolute atomic E-state index is 13.3. The molecule has 2 aromatic carbocycles. The smallest absolute Gasteiger partial charge is 0.251 e. The number of amides is 1. The molecule has 1 aliphatic rings. The summed E-state index contributed by atoms with van der Waals surface area (Å²) in [6, 6.07) is 13.9. The molecule has 3 rings (SSSR count). The fourth-order valence-corrected chi connectivity index (χ4v) is 3.27. The first-order chi connectivity index (χ1) is 14.6. The number of guanidine groups is 1. The molecule has 6 nitrogen and oxygen atoms in total. The maximum atomic E-state index is 13.3. The van der Waals surface area contributed by atoms with Gasteiger partial charge in [0.25, 0.3) is 5.91 Å². The van der Waals surface area contributed by atoms with E-state index < -0.39 is 0 Å². The van der Waals surface area contributed by atoms with Crippen LogP contribution in [-0.2, 0) is 17.8 Å². The summed E-state index contributed by atoms with van der Waals surface area (Å²) in [5.41, 5.74) is 2.39. The van der Waals surface area contributed by atoms with Crippen molar-refractivity contribution in [3.05, 3.63) is 71.0 Å². The average Bonchev–Trinajstić information content (AvgIpc) is 3.28.